The van der Waals surface area contributed by atoms with Gasteiger partial charge in [0.15, 0.2) is 13.2 Å². The number of rotatable bonds is 14. The molecule has 0 aliphatic carbocycles. The number of alkyl halides is 3. The number of aromatic nitrogens is 5. The molecule has 4 aromatic rings. The molecule has 336 valence electrons. The first-order chi connectivity index (χ1) is 28.4. The Morgan fingerprint density at radius 2 is 1.69 bits per heavy atom. The number of carbonyl (C=O) groups excluding carboxylic acids is 1. The van der Waals surface area contributed by atoms with Crippen LogP contribution in [-0.2, 0) is 43.2 Å². The average molecular weight is 983 g/mol. The van der Waals surface area contributed by atoms with Gasteiger partial charge in [-0.3, -0.25) is 28.4 Å². The molecule has 3 unspecified atom stereocenters. The normalized spacial score (nSPS) is 14.5. The maximum Gasteiger partial charge on any atom is 0.355 e. The van der Waals surface area contributed by atoms with Crippen molar-refractivity contribution in [2.75, 3.05) is 25.2 Å². The lowest BCUT2D eigenvalue weighted by molar-refractivity contribution is -0.142. The van der Waals surface area contributed by atoms with Crippen molar-refractivity contribution in [1.82, 2.24) is 23.7 Å². The van der Waals surface area contributed by atoms with Crippen molar-refractivity contribution < 1.29 is 56.4 Å². The number of aliphatic carboxylic acids is 2. The molecule has 61 heavy (non-hydrogen) atoms. The smallest absolute Gasteiger partial charge is 0.355 e. The van der Waals surface area contributed by atoms with E-state index >= 15 is 0 Å². The first kappa shape index (κ1) is 51.4. The molecule has 0 bridgehead atoms. The number of hydrogen-bond acceptors (Lipinski definition) is 12. The molecule has 2 aromatic heterocycles. The monoisotopic (exact) mass is 981 g/mol. The lowest BCUT2D eigenvalue weighted by atomic mass is 10.1. The molecule has 3 heterocycles. The van der Waals surface area contributed by atoms with Crippen molar-refractivity contribution >= 4 is 88.9 Å². The van der Waals surface area contributed by atoms with Gasteiger partial charge in [0.1, 0.15) is 34.4 Å². The first-order valence-corrected chi connectivity index (χ1v) is 23.0. The zero-order valence-electron chi connectivity index (χ0n) is 32.3. The minimum absolute atomic E-state index is 0.0370. The summed E-state index contributed by atoms with van der Waals surface area (Å²) in [7, 11) is -3.10. The number of carboxylic acids is 2. The van der Waals surface area contributed by atoms with Gasteiger partial charge in [-0.25, -0.2) is 27.8 Å². The number of ether oxygens (including phenoxy) is 1. The van der Waals surface area contributed by atoms with Crippen LogP contribution in [0.4, 0.5) is 23.2 Å². The number of halogens is 7. The topological polar surface area (TPSA) is 243 Å². The van der Waals surface area contributed by atoms with Crippen molar-refractivity contribution in [2.24, 2.45) is 10.7 Å². The predicted octanol–water partition coefficient (Wildman–Crippen LogP) is 5.64. The third kappa shape index (κ3) is 14.8. The Bertz CT molecular complexity index is 2470. The molecule has 0 amide bonds. The summed E-state index contributed by atoms with van der Waals surface area (Å²) in [6.45, 7) is 2.28. The Kier molecular flexibility index (Phi) is 19.3. The lowest BCUT2D eigenvalue weighted by Crippen LogP contribution is -2.31. The summed E-state index contributed by atoms with van der Waals surface area (Å²) < 4.78 is 73.7. The van der Waals surface area contributed by atoms with Gasteiger partial charge < -0.3 is 25.6 Å². The summed E-state index contributed by atoms with van der Waals surface area (Å²) in [5, 5.41) is 19.7. The summed E-state index contributed by atoms with van der Waals surface area (Å²) in [6, 6.07) is 3.52. The average Bonchev–Trinajstić information content (AvgIpc) is 3.65. The zero-order valence-corrected chi connectivity index (χ0v) is 37.1. The van der Waals surface area contributed by atoms with Crippen molar-refractivity contribution in [1.29, 1.82) is 0 Å². The van der Waals surface area contributed by atoms with Crippen molar-refractivity contribution in [2.45, 2.75) is 75.5 Å². The number of carbonyl (C=O) groups is 3. The molecular weight excluding hydrogens is 944 g/mol. The van der Waals surface area contributed by atoms with Gasteiger partial charge in [-0.1, -0.05) is 23.2 Å². The van der Waals surface area contributed by atoms with E-state index in [1.54, 1.807) is 16.3 Å². The van der Waals surface area contributed by atoms with Crippen molar-refractivity contribution in [3.05, 3.63) is 82.3 Å². The number of carboxylic acid groups (broad SMARTS) is 2. The third-order valence-electron chi connectivity index (χ3n) is 8.09. The van der Waals surface area contributed by atoms with Crippen LogP contribution >= 0.6 is 65.3 Å². The second-order valence-electron chi connectivity index (χ2n) is 12.8. The van der Waals surface area contributed by atoms with E-state index in [2.05, 4.69) is 10.1 Å². The summed E-state index contributed by atoms with van der Waals surface area (Å²) >= 11 is 19.8. The van der Waals surface area contributed by atoms with Crippen LogP contribution in [-0.4, -0.2) is 93.3 Å². The number of esters is 1. The fraction of sp³-hybridized carbons (Fsp3) is 0.441. The summed E-state index contributed by atoms with van der Waals surface area (Å²) in [5.41, 5.74) is 3.76. The molecule has 0 radical (unpaired) electrons. The number of benzene rings is 2. The largest absolute Gasteiger partial charge is 0.481 e. The second-order valence-corrected chi connectivity index (χ2v) is 18.7. The SMILES string of the molecule is CCOC(=O)C(Cl)Cc1cc(-n2nc(C)n(C(F)F)c2=O)c(F)cc1Cl.CP(=O)(O)CCC(N)C(=O)O.O=C(O)CSc1cc(N=c2sc(=O)n3n2CCCC3)c(F)cc1Cl. The third-order valence-corrected chi connectivity index (χ3v) is 12.2. The van der Waals surface area contributed by atoms with Crippen LogP contribution in [0.1, 0.15) is 44.1 Å². The van der Waals surface area contributed by atoms with E-state index in [-0.39, 0.29) is 73.6 Å². The van der Waals surface area contributed by atoms with Crippen LogP contribution < -0.4 is 21.1 Å². The molecule has 0 spiro atoms. The molecular formula is C34H39Cl3F4N7O10PS2. The van der Waals surface area contributed by atoms with E-state index in [0.717, 1.165) is 54.1 Å². The van der Waals surface area contributed by atoms with Crippen LogP contribution in [0, 0.1) is 18.6 Å². The van der Waals surface area contributed by atoms with E-state index in [4.69, 9.17) is 60.4 Å². The van der Waals surface area contributed by atoms with Gasteiger partial charge in [0.2, 0.25) is 4.80 Å². The minimum Gasteiger partial charge on any atom is -0.481 e. The van der Waals surface area contributed by atoms with Gasteiger partial charge >= 0.3 is 35.0 Å². The quantitative estimate of drug-likeness (QED) is 0.0394. The van der Waals surface area contributed by atoms with E-state index in [0.29, 0.717) is 27.5 Å². The number of nitrogens with zero attached hydrogens (tertiary/aromatic N) is 6. The van der Waals surface area contributed by atoms with Crippen LogP contribution in [0.25, 0.3) is 5.69 Å². The van der Waals surface area contributed by atoms with Crippen LogP contribution in [0.15, 0.2) is 43.7 Å². The molecule has 1 aliphatic rings. The highest BCUT2D eigenvalue weighted by molar-refractivity contribution is 8.00. The van der Waals surface area contributed by atoms with Crippen molar-refractivity contribution in [3.8, 4) is 5.69 Å². The fourth-order valence-electron chi connectivity index (χ4n) is 5.14. The Hall–Kier alpha value is -3.96. The first-order valence-electron chi connectivity index (χ1n) is 17.7. The van der Waals surface area contributed by atoms with E-state index in [9.17, 15) is 46.1 Å². The van der Waals surface area contributed by atoms with E-state index in [1.807, 2.05) is 0 Å². The van der Waals surface area contributed by atoms with Crippen LogP contribution in [0.2, 0.25) is 10.0 Å². The molecule has 27 heteroatoms. The molecule has 5 N–H and O–H groups in total. The van der Waals surface area contributed by atoms with E-state index < -0.39 is 60.6 Å². The number of fused-ring (bicyclic) bond motifs is 1. The maximum absolute atomic E-state index is 14.2. The number of nitrogens with two attached hydrogens (primary N) is 1. The highest BCUT2D eigenvalue weighted by atomic mass is 35.5. The molecule has 0 fully saturated rings. The summed E-state index contributed by atoms with van der Waals surface area (Å²) in [6.07, 6.45) is 1.75. The lowest BCUT2D eigenvalue weighted by Gasteiger charge is -2.15. The van der Waals surface area contributed by atoms with Gasteiger partial charge in [0.05, 0.1) is 17.4 Å². The Morgan fingerprint density at radius 1 is 1.07 bits per heavy atom. The highest BCUT2D eigenvalue weighted by Crippen LogP contribution is 2.36. The van der Waals surface area contributed by atoms with Crippen molar-refractivity contribution in [3.63, 3.8) is 0 Å². The number of hydrogen-bond donors (Lipinski definition) is 4. The van der Waals surface area contributed by atoms with E-state index in [1.165, 1.54) is 19.7 Å². The zero-order chi connectivity index (χ0) is 45.9. The highest BCUT2D eigenvalue weighted by Gasteiger charge is 2.24. The molecule has 17 nitrogen and oxygen atoms in total. The molecule has 5 rings (SSSR count). The Balaban J connectivity index is 0.000000264. The van der Waals surface area contributed by atoms with Gasteiger partial charge in [0.25, 0.3) is 0 Å². The molecule has 3 atom stereocenters. The Morgan fingerprint density at radius 3 is 2.25 bits per heavy atom. The summed E-state index contributed by atoms with van der Waals surface area (Å²) in [4.78, 5) is 70.3. The number of aryl methyl sites for hydroxylation is 1. The van der Waals surface area contributed by atoms with Gasteiger partial charge in [-0.15, -0.1) is 28.5 Å². The van der Waals surface area contributed by atoms with Crippen LogP contribution in [0.3, 0.4) is 0 Å². The molecule has 2 aromatic carbocycles. The summed E-state index contributed by atoms with van der Waals surface area (Å²) in [5.74, 6) is -4.85. The minimum atomic E-state index is -3.12. The fourth-order valence-corrected chi connectivity index (χ4v) is 8.23. The second kappa shape index (κ2) is 22.9. The molecule has 0 saturated carbocycles. The number of thioether (sulfide) groups is 1. The molecule has 0 saturated heterocycles. The van der Waals surface area contributed by atoms with Gasteiger partial charge in [-0.05, 0) is 74.3 Å². The maximum atomic E-state index is 14.2. The predicted molar refractivity (Wildman–Crippen MR) is 220 cm³/mol. The molecule has 1 aliphatic heterocycles. The van der Waals surface area contributed by atoms with Gasteiger partial charge in [-0.2, -0.15) is 13.5 Å². The standard InChI is InChI=1S/C15H14Cl2F3N3O3.C14H13ClFN3O3S2.C5H12NO4P/c1-3-26-13(24)10(17)4-8-5-12(11(18)6-9(8)16)23-15(25)22(14(19)20)7(2)21-23;15-8-5-9(16)10(6-11(8)23-7-12(20)21)17-13-18-3-1-2-4-19(18)14(22)24-13;1-11(9,10)3-2-4(6)5(7)8/h5-6,10,14H,3-4H2,1-2H3;5-6H,1-4,7H2,(H,20,21);4H,2-3,6H2,1H3,(H,7,8)(H,9,10). The van der Waals surface area contributed by atoms with Crippen LogP contribution in [0.5, 0.6) is 0 Å². The van der Waals surface area contributed by atoms with Gasteiger partial charge in [0, 0.05) is 42.3 Å². The Labute approximate surface area is 366 Å².